The quantitative estimate of drug-likeness (QED) is 0.806. The summed E-state index contributed by atoms with van der Waals surface area (Å²) in [7, 11) is -3.44. The molecule has 1 atom stereocenters. The van der Waals surface area contributed by atoms with Crippen LogP contribution in [0.15, 0.2) is 23.1 Å². The predicted octanol–water partition coefficient (Wildman–Crippen LogP) is 1.81. The molecule has 5 nitrogen and oxygen atoms in total. The van der Waals surface area contributed by atoms with Gasteiger partial charge in [0.15, 0.2) is 0 Å². The first-order valence-electron chi connectivity index (χ1n) is 7.49. The van der Waals surface area contributed by atoms with E-state index in [0.29, 0.717) is 24.1 Å². The molecular weight excluding hydrogens is 288 g/mol. The van der Waals surface area contributed by atoms with Crippen LogP contribution in [-0.2, 0) is 10.0 Å². The summed E-state index contributed by atoms with van der Waals surface area (Å²) in [5, 5.41) is 3.36. The summed E-state index contributed by atoms with van der Waals surface area (Å²) in [6.07, 6.45) is 3.13. The number of hydrogen-bond acceptors (Lipinski definition) is 4. The SMILES string of the molecule is CCOc1ccc(S(=O)(=O)NCC[C@H]2CCCN2)cc1C. The normalized spacial score (nSPS) is 18.9. The van der Waals surface area contributed by atoms with Gasteiger partial charge in [0.25, 0.3) is 0 Å². The van der Waals surface area contributed by atoms with Crippen LogP contribution >= 0.6 is 0 Å². The zero-order chi connectivity index (χ0) is 15.3. The highest BCUT2D eigenvalue weighted by atomic mass is 32.2. The minimum Gasteiger partial charge on any atom is -0.494 e. The van der Waals surface area contributed by atoms with Crippen molar-refractivity contribution in [3.63, 3.8) is 0 Å². The number of ether oxygens (including phenoxy) is 1. The molecule has 118 valence electrons. The fourth-order valence-electron chi connectivity index (χ4n) is 2.56. The van der Waals surface area contributed by atoms with E-state index >= 15 is 0 Å². The van der Waals surface area contributed by atoms with E-state index < -0.39 is 10.0 Å². The Morgan fingerprint density at radius 3 is 2.86 bits per heavy atom. The molecule has 0 aromatic heterocycles. The van der Waals surface area contributed by atoms with Crippen molar-refractivity contribution in [2.45, 2.75) is 44.0 Å². The third-order valence-corrected chi connectivity index (χ3v) is 5.16. The van der Waals surface area contributed by atoms with E-state index in [0.717, 1.165) is 30.7 Å². The maximum atomic E-state index is 12.3. The molecule has 1 aliphatic rings. The second kappa shape index (κ2) is 7.24. The van der Waals surface area contributed by atoms with Gasteiger partial charge in [-0.1, -0.05) is 0 Å². The summed E-state index contributed by atoms with van der Waals surface area (Å²) >= 11 is 0. The van der Waals surface area contributed by atoms with E-state index in [9.17, 15) is 8.42 Å². The number of benzene rings is 1. The molecule has 0 saturated carbocycles. The molecule has 2 N–H and O–H groups in total. The number of sulfonamides is 1. The van der Waals surface area contributed by atoms with Crippen LogP contribution in [0.25, 0.3) is 0 Å². The van der Waals surface area contributed by atoms with Crippen molar-refractivity contribution < 1.29 is 13.2 Å². The lowest BCUT2D eigenvalue weighted by Crippen LogP contribution is -2.30. The Kier molecular flexibility index (Phi) is 5.61. The van der Waals surface area contributed by atoms with Crippen LogP contribution in [0.4, 0.5) is 0 Å². The maximum Gasteiger partial charge on any atom is 0.240 e. The predicted molar refractivity (Wildman–Crippen MR) is 83.2 cm³/mol. The van der Waals surface area contributed by atoms with Gasteiger partial charge in [-0.15, -0.1) is 0 Å². The summed E-state index contributed by atoms with van der Waals surface area (Å²) in [4.78, 5) is 0.294. The van der Waals surface area contributed by atoms with Crippen molar-refractivity contribution in [3.05, 3.63) is 23.8 Å². The Labute approximate surface area is 127 Å². The van der Waals surface area contributed by atoms with Crippen molar-refractivity contribution in [1.29, 1.82) is 0 Å². The Morgan fingerprint density at radius 1 is 1.43 bits per heavy atom. The average molecular weight is 312 g/mol. The van der Waals surface area contributed by atoms with Crippen LogP contribution in [-0.4, -0.2) is 34.2 Å². The number of hydrogen-bond donors (Lipinski definition) is 2. The lowest BCUT2D eigenvalue weighted by molar-refractivity contribution is 0.337. The van der Waals surface area contributed by atoms with E-state index in [2.05, 4.69) is 10.0 Å². The van der Waals surface area contributed by atoms with Gasteiger partial charge in [0.2, 0.25) is 10.0 Å². The van der Waals surface area contributed by atoms with E-state index in [1.807, 2.05) is 13.8 Å². The zero-order valence-electron chi connectivity index (χ0n) is 12.7. The van der Waals surface area contributed by atoms with Gasteiger partial charge >= 0.3 is 0 Å². The van der Waals surface area contributed by atoms with Gasteiger partial charge in [-0.2, -0.15) is 0 Å². The van der Waals surface area contributed by atoms with Gasteiger partial charge < -0.3 is 10.1 Å². The van der Waals surface area contributed by atoms with Crippen molar-refractivity contribution in [2.75, 3.05) is 19.7 Å². The van der Waals surface area contributed by atoms with Gasteiger partial charge in [0.05, 0.1) is 11.5 Å². The first kappa shape index (κ1) is 16.3. The fraction of sp³-hybridized carbons (Fsp3) is 0.600. The highest BCUT2D eigenvalue weighted by molar-refractivity contribution is 7.89. The average Bonchev–Trinajstić information content (AvgIpc) is 2.94. The molecule has 0 amide bonds. The highest BCUT2D eigenvalue weighted by Crippen LogP contribution is 2.21. The largest absolute Gasteiger partial charge is 0.494 e. The Balaban J connectivity index is 1.96. The Morgan fingerprint density at radius 2 is 2.24 bits per heavy atom. The van der Waals surface area contributed by atoms with Crippen LogP contribution in [0.5, 0.6) is 5.75 Å². The molecule has 2 rings (SSSR count). The van der Waals surface area contributed by atoms with Crippen molar-refractivity contribution in [3.8, 4) is 5.75 Å². The van der Waals surface area contributed by atoms with Crippen LogP contribution in [0.2, 0.25) is 0 Å². The molecule has 1 aliphatic heterocycles. The molecule has 1 heterocycles. The van der Waals surface area contributed by atoms with E-state index in [4.69, 9.17) is 4.74 Å². The van der Waals surface area contributed by atoms with Crippen LogP contribution in [0, 0.1) is 6.92 Å². The summed E-state index contributed by atoms with van der Waals surface area (Å²) in [5.41, 5.74) is 0.831. The molecule has 6 heteroatoms. The molecule has 0 spiro atoms. The molecule has 1 fully saturated rings. The molecule has 0 aliphatic carbocycles. The van der Waals surface area contributed by atoms with Gasteiger partial charge in [-0.25, -0.2) is 13.1 Å². The summed E-state index contributed by atoms with van der Waals surface area (Å²) in [5.74, 6) is 0.728. The first-order valence-corrected chi connectivity index (χ1v) is 8.97. The summed E-state index contributed by atoms with van der Waals surface area (Å²) < 4.78 is 32.6. The number of aryl methyl sites for hydroxylation is 1. The minimum absolute atomic E-state index is 0.294. The van der Waals surface area contributed by atoms with Gasteiger partial charge in [-0.3, -0.25) is 0 Å². The second-order valence-corrected chi connectivity index (χ2v) is 7.11. The lowest BCUT2D eigenvalue weighted by Gasteiger charge is -2.12. The molecule has 0 bridgehead atoms. The van der Waals surface area contributed by atoms with Crippen LogP contribution < -0.4 is 14.8 Å². The molecule has 0 unspecified atom stereocenters. The molecule has 1 aromatic carbocycles. The summed E-state index contributed by atoms with van der Waals surface area (Å²) in [6, 6.07) is 5.40. The van der Waals surface area contributed by atoms with E-state index in [1.54, 1.807) is 18.2 Å². The van der Waals surface area contributed by atoms with E-state index in [1.165, 1.54) is 6.42 Å². The molecular formula is C15H24N2O3S. The Hall–Kier alpha value is -1.11. The molecule has 0 radical (unpaired) electrons. The lowest BCUT2D eigenvalue weighted by atomic mass is 10.2. The third-order valence-electron chi connectivity index (χ3n) is 3.70. The maximum absolute atomic E-state index is 12.3. The fourth-order valence-corrected chi connectivity index (χ4v) is 3.69. The Bertz CT molecular complexity index is 566. The standard InChI is InChI=1S/C15H24N2O3S/c1-3-20-15-7-6-14(11-12(15)2)21(18,19)17-10-8-13-5-4-9-16-13/h6-7,11,13,16-17H,3-5,8-10H2,1-2H3/t13-/m1/s1. The van der Waals surface area contributed by atoms with Gasteiger partial charge in [0.1, 0.15) is 5.75 Å². The number of nitrogens with one attached hydrogen (secondary N) is 2. The third kappa shape index (κ3) is 4.43. The minimum atomic E-state index is -3.44. The monoisotopic (exact) mass is 312 g/mol. The highest BCUT2D eigenvalue weighted by Gasteiger charge is 2.18. The van der Waals surface area contributed by atoms with Crippen molar-refractivity contribution >= 4 is 10.0 Å². The zero-order valence-corrected chi connectivity index (χ0v) is 13.5. The van der Waals surface area contributed by atoms with Gasteiger partial charge in [0, 0.05) is 12.6 Å². The molecule has 1 saturated heterocycles. The summed E-state index contributed by atoms with van der Waals surface area (Å²) in [6.45, 7) is 5.83. The van der Waals surface area contributed by atoms with Gasteiger partial charge in [-0.05, 0) is 63.4 Å². The van der Waals surface area contributed by atoms with Crippen LogP contribution in [0.3, 0.4) is 0 Å². The second-order valence-electron chi connectivity index (χ2n) is 5.34. The van der Waals surface area contributed by atoms with Crippen molar-refractivity contribution in [2.24, 2.45) is 0 Å². The molecule has 1 aromatic rings. The van der Waals surface area contributed by atoms with E-state index in [-0.39, 0.29) is 0 Å². The molecule has 21 heavy (non-hydrogen) atoms. The number of rotatable bonds is 7. The smallest absolute Gasteiger partial charge is 0.240 e. The topological polar surface area (TPSA) is 67.4 Å². The first-order chi connectivity index (χ1) is 10.0. The van der Waals surface area contributed by atoms with Crippen LogP contribution in [0.1, 0.15) is 31.7 Å². The van der Waals surface area contributed by atoms with Crippen molar-refractivity contribution in [1.82, 2.24) is 10.0 Å².